The highest BCUT2D eigenvalue weighted by Crippen LogP contribution is 2.33. The van der Waals surface area contributed by atoms with Crippen molar-refractivity contribution in [1.29, 1.82) is 0 Å². The summed E-state index contributed by atoms with van der Waals surface area (Å²) in [5, 5.41) is 22.1. The predicted octanol–water partition coefficient (Wildman–Crippen LogP) is -0.323. The monoisotopic (exact) mass is 495 g/mol. The van der Waals surface area contributed by atoms with Crippen molar-refractivity contribution in [2.45, 2.75) is 44.6 Å². The first-order chi connectivity index (χ1) is 17.0. The standard InChI is InChI=1S/C24H29N7O5/c1-14-26-16-7-5-6-8-17(16)30(14)12-19(33)29-10-15(32)9-24(2,36)18(11-29)31-13-25-21-20(31)22(34)28(4)23(35)27(21)3/h5-8,13,15,18,32,36H,9-12H2,1-4H3/t15-,18+,24+/m1/s1. The van der Waals surface area contributed by atoms with Gasteiger partial charge in [-0.3, -0.25) is 18.7 Å². The molecule has 0 saturated carbocycles. The van der Waals surface area contributed by atoms with E-state index in [0.29, 0.717) is 5.82 Å². The van der Waals surface area contributed by atoms with Crippen molar-refractivity contribution in [2.24, 2.45) is 14.1 Å². The van der Waals surface area contributed by atoms with Crippen molar-refractivity contribution in [1.82, 2.24) is 33.1 Å². The maximum absolute atomic E-state index is 13.5. The zero-order valence-electron chi connectivity index (χ0n) is 20.6. The smallest absolute Gasteiger partial charge is 0.332 e. The molecule has 1 aliphatic rings. The molecule has 1 fully saturated rings. The van der Waals surface area contributed by atoms with Crippen molar-refractivity contribution in [3.05, 3.63) is 57.3 Å². The Hall–Kier alpha value is -3.77. The molecule has 0 radical (unpaired) electrons. The van der Waals surface area contributed by atoms with Gasteiger partial charge >= 0.3 is 5.69 Å². The number of likely N-dealkylation sites (tertiary alicyclic amines) is 1. The number of β-amino-alcohol motifs (C(OH)–C–C–N with tert-alkyl or cyclic N) is 1. The number of nitrogens with zero attached hydrogens (tertiary/aromatic N) is 7. The highest BCUT2D eigenvalue weighted by molar-refractivity contribution is 5.81. The van der Waals surface area contributed by atoms with Crippen LogP contribution in [0.1, 0.15) is 25.2 Å². The number of aryl methyl sites for hydroxylation is 2. The molecule has 5 rings (SSSR count). The molecule has 36 heavy (non-hydrogen) atoms. The first kappa shape index (κ1) is 23.9. The Balaban J connectivity index is 1.56. The fourth-order valence-electron chi connectivity index (χ4n) is 5.23. The number of para-hydroxylation sites is 2. The molecule has 0 bridgehead atoms. The van der Waals surface area contributed by atoms with Crippen molar-refractivity contribution in [3.63, 3.8) is 0 Å². The van der Waals surface area contributed by atoms with Crippen LogP contribution in [0, 0.1) is 6.92 Å². The number of aliphatic hydroxyl groups excluding tert-OH is 1. The Morgan fingerprint density at radius 1 is 1.17 bits per heavy atom. The lowest BCUT2D eigenvalue weighted by Crippen LogP contribution is -2.44. The summed E-state index contributed by atoms with van der Waals surface area (Å²) in [6.07, 6.45) is 0.412. The number of benzene rings is 1. The molecule has 1 aliphatic heterocycles. The van der Waals surface area contributed by atoms with Crippen LogP contribution in [0.2, 0.25) is 0 Å². The highest BCUT2D eigenvalue weighted by atomic mass is 16.3. The molecular weight excluding hydrogens is 466 g/mol. The Bertz CT molecular complexity index is 1610. The molecule has 190 valence electrons. The number of aromatic nitrogens is 6. The van der Waals surface area contributed by atoms with E-state index in [4.69, 9.17) is 0 Å². The van der Waals surface area contributed by atoms with E-state index in [0.717, 1.165) is 15.6 Å². The third kappa shape index (κ3) is 3.73. The summed E-state index contributed by atoms with van der Waals surface area (Å²) in [6, 6.07) is 6.74. The van der Waals surface area contributed by atoms with Gasteiger partial charge in [0.05, 0.1) is 35.1 Å². The summed E-state index contributed by atoms with van der Waals surface area (Å²) in [6.45, 7) is 3.47. The summed E-state index contributed by atoms with van der Waals surface area (Å²) < 4.78 is 5.59. The molecule has 4 aromatic rings. The number of carbonyl (C=O) groups excluding carboxylic acids is 1. The van der Waals surface area contributed by atoms with Gasteiger partial charge in [-0.2, -0.15) is 0 Å². The van der Waals surface area contributed by atoms with E-state index < -0.39 is 29.0 Å². The van der Waals surface area contributed by atoms with E-state index in [2.05, 4.69) is 9.97 Å². The zero-order chi connectivity index (χ0) is 25.9. The van der Waals surface area contributed by atoms with Gasteiger partial charge in [0.2, 0.25) is 5.91 Å². The van der Waals surface area contributed by atoms with Gasteiger partial charge in [0.1, 0.15) is 12.4 Å². The van der Waals surface area contributed by atoms with Gasteiger partial charge in [0.15, 0.2) is 11.2 Å². The topological polar surface area (TPSA) is 140 Å². The zero-order valence-corrected chi connectivity index (χ0v) is 20.6. The fraction of sp³-hybridized carbons (Fsp3) is 0.458. The van der Waals surface area contributed by atoms with Crippen LogP contribution in [0.4, 0.5) is 0 Å². The van der Waals surface area contributed by atoms with Gasteiger partial charge in [0.25, 0.3) is 5.56 Å². The summed E-state index contributed by atoms with van der Waals surface area (Å²) in [5.74, 6) is 0.432. The van der Waals surface area contributed by atoms with Gasteiger partial charge in [-0.25, -0.2) is 14.8 Å². The number of aliphatic hydroxyl groups is 2. The highest BCUT2D eigenvalue weighted by Gasteiger charge is 2.42. The summed E-state index contributed by atoms with van der Waals surface area (Å²) >= 11 is 0. The molecule has 1 amide bonds. The lowest BCUT2D eigenvalue weighted by atomic mass is 9.91. The van der Waals surface area contributed by atoms with Gasteiger partial charge in [0, 0.05) is 33.6 Å². The van der Waals surface area contributed by atoms with Crippen LogP contribution >= 0.6 is 0 Å². The van der Waals surface area contributed by atoms with E-state index in [1.54, 1.807) is 6.92 Å². The van der Waals surface area contributed by atoms with E-state index >= 15 is 0 Å². The van der Waals surface area contributed by atoms with Crippen LogP contribution in [0.15, 0.2) is 40.2 Å². The second-order valence-electron chi connectivity index (χ2n) is 9.79. The van der Waals surface area contributed by atoms with Crippen LogP contribution in [-0.4, -0.2) is 74.1 Å². The van der Waals surface area contributed by atoms with Crippen molar-refractivity contribution < 1.29 is 15.0 Å². The molecule has 0 spiro atoms. The van der Waals surface area contributed by atoms with E-state index in [1.807, 2.05) is 35.8 Å². The minimum atomic E-state index is -1.47. The molecule has 0 unspecified atom stereocenters. The van der Waals surface area contributed by atoms with Crippen LogP contribution < -0.4 is 11.2 Å². The number of hydrogen-bond donors (Lipinski definition) is 2. The third-order valence-electron chi connectivity index (χ3n) is 7.19. The average molecular weight is 496 g/mol. The van der Waals surface area contributed by atoms with Crippen molar-refractivity contribution in [2.75, 3.05) is 13.1 Å². The van der Waals surface area contributed by atoms with Crippen LogP contribution in [0.25, 0.3) is 22.2 Å². The summed E-state index contributed by atoms with van der Waals surface area (Å²) in [7, 11) is 2.90. The molecule has 1 aromatic carbocycles. The lowest BCUT2D eigenvalue weighted by molar-refractivity contribution is -0.133. The first-order valence-corrected chi connectivity index (χ1v) is 11.7. The largest absolute Gasteiger partial charge is 0.391 e. The van der Waals surface area contributed by atoms with Crippen molar-refractivity contribution >= 4 is 28.1 Å². The molecule has 1 saturated heterocycles. The fourth-order valence-corrected chi connectivity index (χ4v) is 5.23. The normalized spacial score (nSPS) is 22.9. The average Bonchev–Trinajstić information content (AvgIpc) is 3.36. The van der Waals surface area contributed by atoms with E-state index in [1.165, 1.54) is 34.5 Å². The minimum Gasteiger partial charge on any atom is -0.391 e. The SMILES string of the molecule is Cc1nc2ccccc2n1CC(=O)N1C[C@H](O)C[C@](C)(O)[C@@H](n2cnc3c2c(=O)n(C)c(=O)n3C)C1. The van der Waals surface area contributed by atoms with Crippen LogP contribution in [-0.2, 0) is 25.4 Å². The maximum atomic E-state index is 13.5. The molecule has 3 atom stereocenters. The third-order valence-corrected chi connectivity index (χ3v) is 7.19. The number of hydrogen-bond acceptors (Lipinski definition) is 7. The van der Waals surface area contributed by atoms with Crippen LogP contribution in [0.3, 0.4) is 0 Å². The molecule has 4 heterocycles. The van der Waals surface area contributed by atoms with Gasteiger partial charge in [-0.05, 0) is 26.0 Å². The predicted molar refractivity (Wildman–Crippen MR) is 132 cm³/mol. The lowest BCUT2D eigenvalue weighted by Gasteiger charge is -2.34. The van der Waals surface area contributed by atoms with Crippen LogP contribution in [0.5, 0.6) is 0 Å². The molecule has 0 aliphatic carbocycles. The number of fused-ring (bicyclic) bond motifs is 2. The Labute approximate surface area is 205 Å². The molecule has 3 aromatic heterocycles. The minimum absolute atomic E-state index is 0.00880. The van der Waals surface area contributed by atoms with E-state index in [-0.39, 0.29) is 43.1 Å². The molecular formula is C24H29N7O5. The number of amides is 1. The molecule has 12 nitrogen and oxygen atoms in total. The van der Waals surface area contributed by atoms with E-state index in [9.17, 15) is 24.6 Å². The Kier molecular flexibility index (Phi) is 5.60. The molecule has 2 N–H and O–H groups in total. The Morgan fingerprint density at radius 3 is 2.64 bits per heavy atom. The van der Waals surface area contributed by atoms with Crippen molar-refractivity contribution in [3.8, 4) is 0 Å². The number of rotatable bonds is 3. The van der Waals surface area contributed by atoms with Gasteiger partial charge in [-0.1, -0.05) is 12.1 Å². The number of imidazole rings is 2. The summed E-state index contributed by atoms with van der Waals surface area (Å²) in [4.78, 5) is 49.2. The Morgan fingerprint density at radius 2 is 1.89 bits per heavy atom. The van der Waals surface area contributed by atoms with Gasteiger partial charge < -0.3 is 24.2 Å². The maximum Gasteiger partial charge on any atom is 0.332 e. The number of carbonyl (C=O) groups is 1. The quantitative estimate of drug-likeness (QED) is 0.397. The second-order valence-corrected chi connectivity index (χ2v) is 9.79. The summed E-state index contributed by atoms with van der Waals surface area (Å²) in [5.41, 5.74) is -0.602. The molecule has 12 heteroatoms. The van der Waals surface area contributed by atoms with Gasteiger partial charge in [-0.15, -0.1) is 0 Å². The first-order valence-electron chi connectivity index (χ1n) is 11.7. The second kappa shape index (κ2) is 8.42.